The summed E-state index contributed by atoms with van der Waals surface area (Å²) in [6.45, 7) is 1.49. The summed E-state index contributed by atoms with van der Waals surface area (Å²) in [5.41, 5.74) is 0.423. The number of imidazole rings is 1. The number of fused-ring (bicyclic) bond motifs is 1. The second kappa shape index (κ2) is 11.6. The quantitative estimate of drug-likeness (QED) is 0.290. The standard InChI is InChI=1S/C29H27F3N10O3/c1-17-36-25-24(26(44)42(28(45)39(25)2)15-19-7-3-4-11-33-19)41(17)16-23(43)38-22-10-5-8-20(37-22)18-13-34-27(35-14-18)40-12-6-9-21(40)29(30,31)32/h3-5,7-8,10-11,13-14,21H,6,9,12,15-16H2,1-2H3,(H,37,38,43). The Labute approximate surface area is 253 Å². The fourth-order valence-corrected chi connectivity index (χ4v) is 5.41. The molecule has 1 aliphatic rings. The van der Waals surface area contributed by atoms with Gasteiger partial charge in [0, 0.05) is 37.7 Å². The van der Waals surface area contributed by atoms with E-state index in [-0.39, 0.29) is 49.0 Å². The van der Waals surface area contributed by atoms with E-state index < -0.39 is 29.4 Å². The van der Waals surface area contributed by atoms with Crippen LogP contribution in [0.3, 0.4) is 0 Å². The van der Waals surface area contributed by atoms with Gasteiger partial charge < -0.3 is 14.8 Å². The zero-order valence-electron chi connectivity index (χ0n) is 24.2. The van der Waals surface area contributed by atoms with Gasteiger partial charge in [-0.3, -0.25) is 23.7 Å². The molecule has 232 valence electrons. The largest absolute Gasteiger partial charge is 0.408 e. The smallest absolute Gasteiger partial charge is 0.329 e. The number of halogens is 3. The molecule has 16 heteroatoms. The number of carbonyl (C=O) groups is 1. The van der Waals surface area contributed by atoms with E-state index in [2.05, 4.69) is 30.2 Å². The Morgan fingerprint density at radius 2 is 1.80 bits per heavy atom. The molecule has 1 unspecified atom stereocenters. The third kappa shape index (κ3) is 5.77. The molecule has 0 aromatic carbocycles. The van der Waals surface area contributed by atoms with Crippen LogP contribution < -0.4 is 21.5 Å². The highest BCUT2D eigenvalue weighted by atomic mass is 19.4. The molecule has 0 aliphatic carbocycles. The number of nitrogens with zero attached hydrogens (tertiary/aromatic N) is 9. The number of hydrogen-bond donors (Lipinski definition) is 1. The molecule has 6 rings (SSSR count). The van der Waals surface area contributed by atoms with Crippen LogP contribution in [0.2, 0.25) is 0 Å². The van der Waals surface area contributed by atoms with E-state index in [4.69, 9.17) is 0 Å². The summed E-state index contributed by atoms with van der Waals surface area (Å²) < 4.78 is 43.9. The SMILES string of the molecule is Cc1nc2c(c(=O)n(Cc3ccccn3)c(=O)n2C)n1CC(=O)Nc1cccc(-c2cnc(N3CCCC3C(F)(F)F)nc2)n1. The predicted octanol–water partition coefficient (Wildman–Crippen LogP) is 2.67. The maximum absolute atomic E-state index is 13.5. The van der Waals surface area contributed by atoms with E-state index in [0.717, 1.165) is 9.47 Å². The van der Waals surface area contributed by atoms with Crippen LogP contribution in [0.25, 0.3) is 22.4 Å². The maximum Gasteiger partial charge on any atom is 0.408 e. The Kier molecular flexibility index (Phi) is 7.64. The number of rotatable bonds is 7. The number of anilines is 2. The third-order valence-corrected chi connectivity index (χ3v) is 7.61. The summed E-state index contributed by atoms with van der Waals surface area (Å²) in [5.74, 6) is 0.0285. The second-order valence-electron chi connectivity index (χ2n) is 10.6. The molecule has 45 heavy (non-hydrogen) atoms. The van der Waals surface area contributed by atoms with Crippen LogP contribution in [0.5, 0.6) is 0 Å². The Bertz CT molecular complexity index is 2000. The van der Waals surface area contributed by atoms with Crippen LogP contribution >= 0.6 is 0 Å². The number of aromatic nitrogens is 8. The number of carbonyl (C=O) groups excluding carboxylic acids is 1. The van der Waals surface area contributed by atoms with Gasteiger partial charge >= 0.3 is 11.9 Å². The normalized spacial score (nSPS) is 15.1. The molecule has 1 aliphatic heterocycles. The van der Waals surface area contributed by atoms with Crippen LogP contribution in [-0.4, -0.2) is 63.3 Å². The Balaban J connectivity index is 1.22. The molecule has 1 saturated heterocycles. The van der Waals surface area contributed by atoms with Gasteiger partial charge in [0.25, 0.3) is 5.56 Å². The summed E-state index contributed by atoms with van der Waals surface area (Å²) >= 11 is 0. The number of hydrogen-bond acceptors (Lipinski definition) is 9. The van der Waals surface area contributed by atoms with Crippen molar-refractivity contribution in [3.8, 4) is 11.3 Å². The first-order chi connectivity index (χ1) is 21.5. The van der Waals surface area contributed by atoms with E-state index in [9.17, 15) is 27.6 Å². The maximum atomic E-state index is 13.5. The van der Waals surface area contributed by atoms with E-state index in [0.29, 0.717) is 29.2 Å². The van der Waals surface area contributed by atoms with Crippen LogP contribution in [0, 0.1) is 6.92 Å². The summed E-state index contributed by atoms with van der Waals surface area (Å²) in [6, 6.07) is 8.42. The molecule has 1 amide bonds. The van der Waals surface area contributed by atoms with E-state index >= 15 is 0 Å². The van der Waals surface area contributed by atoms with Crippen molar-refractivity contribution >= 4 is 28.8 Å². The fraction of sp³-hybridized carbons (Fsp3) is 0.310. The highest BCUT2D eigenvalue weighted by molar-refractivity contribution is 5.91. The monoisotopic (exact) mass is 620 g/mol. The van der Waals surface area contributed by atoms with Gasteiger partial charge in [0.2, 0.25) is 11.9 Å². The summed E-state index contributed by atoms with van der Waals surface area (Å²) in [6.07, 6.45) is 0.361. The minimum absolute atomic E-state index is 0.00821. The topological polar surface area (TPSA) is 146 Å². The first kappa shape index (κ1) is 29.7. The summed E-state index contributed by atoms with van der Waals surface area (Å²) in [4.78, 5) is 62.1. The average Bonchev–Trinajstić information content (AvgIpc) is 3.65. The van der Waals surface area contributed by atoms with Gasteiger partial charge in [0.1, 0.15) is 24.2 Å². The third-order valence-electron chi connectivity index (χ3n) is 7.61. The Morgan fingerprint density at radius 3 is 2.51 bits per heavy atom. The minimum atomic E-state index is -4.37. The van der Waals surface area contributed by atoms with Gasteiger partial charge in [-0.05, 0) is 44.0 Å². The molecule has 0 radical (unpaired) electrons. The van der Waals surface area contributed by atoms with Gasteiger partial charge in [-0.15, -0.1) is 0 Å². The van der Waals surface area contributed by atoms with E-state index in [1.165, 1.54) is 28.6 Å². The van der Waals surface area contributed by atoms with Crippen molar-refractivity contribution in [3.05, 3.63) is 87.3 Å². The number of amides is 1. The Morgan fingerprint density at radius 1 is 1.02 bits per heavy atom. The molecule has 1 fully saturated rings. The molecule has 1 N–H and O–H groups in total. The molecule has 0 spiro atoms. The number of nitrogens with one attached hydrogen (secondary N) is 1. The van der Waals surface area contributed by atoms with Crippen molar-refractivity contribution < 1.29 is 18.0 Å². The molecule has 13 nitrogen and oxygen atoms in total. The van der Waals surface area contributed by atoms with Gasteiger partial charge in [0.15, 0.2) is 11.2 Å². The zero-order valence-corrected chi connectivity index (χ0v) is 24.2. The molecule has 0 bridgehead atoms. The molecular formula is C29H27F3N10O3. The molecular weight excluding hydrogens is 593 g/mol. The summed E-state index contributed by atoms with van der Waals surface area (Å²) in [5, 5.41) is 2.70. The van der Waals surface area contributed by atoms with Crippen LogP contribution in [0.4, 0.5) is 24.9 Å². The molecule has 1 atom stereocenters. The first-order valence-electron chi connectivity index (χ1n) is 14.0. The van der Waals surface area contributed by atoms with Gasteiger partial charge in [-0.25, -0.2) is 24.7 Å². The lowest BCUT2D eigenvalue weighted by Crippen LogP contribution is -2.42. The summed E-state index contributed by atoms with van der Waals surface area (Å²) in [7, 11) is 1.50. The second-order valence-corrected chi connectivity index (χ2v) is 10.6. The lowest BCUT2D eigenvalue weighted by atomic mass is 10.2. The number of pyridine rings is 2. The Hall–Kier alpha value is -5.41. The van der Waals surface area contributed by atoms with Gasteiger partial charge in [-0.1, -0.05) is 12.1 Å². The molecule has 5 aromatic heterocycles. The highest BCUT2D eigenvalue weighted by Gasteiger charge is 2.46. The molecule has 5 aromatic rings. The molecule has 6 heterocycles. The van der Waals surface area contributed by atoms with Crippen LogP contribution in [0.15, 0.2) is 64.6 Å². The van der Waals surface area contributed by atoms with Crippen molar-refractivity contribution in [1.29, 1.82) is 0 Å². The van der Waals surface area contributed by atoms with Gasteiger partial charge in [0.05, 0.1) is 17.9 Å². The van der Waals surface area contributed by atoms with Gasteiger partial charge in [-0.2, -0.15) is 13.2 Å². The zero-order chi connectivity index (χ0) is 31.9. The average molecular weight is 621 g/mol. The lowest BCUT2D eigenvalue weighted by Gasteiger charge is -2.26. The highest BCUT2D eigenvalue weighted by Crippen LogP contribution is 2.34. The van der Waals surface area contributed by atoms with Crippen molar-refractivity contribution in [2.75, 3.05) is 16.8 Å². The lowest BCUT2D eigenvalue weighted by molar-refractivity contribution is -0.146. The van der Waals surface area contributed by atoms with Crippen LogP contribution in [0.1, 0.15) is 24.4 Å². The van der Waals surface area contributed by atoms with Crippen molar-refractivity contribution in [2.45, 2.75) is 45.1 Å². The first-order valence-corrected chi connectivity index (χ1v) is 14.0. The number of aryl methyl sites for hydroxylation is 2. The fourth-order valence-electron chi connectivity index (χ4n) is 5.41. The molecule has 0 saturated carbocycles. The van der Waals surface area contributed by atoms with Crippen molar-refractivity contribution in [1.82, 2.24) is 38.6 Å². The van der Waals surface area contributed by atoms with Crippen LogP contribution in [-0.2, 0) is 24.9 Å². The van der Waals surface area contributed by atoms with E-state index in [1.54, 1.807) is 49.5 Å². The van der Waals surface area contributed by atoms with E-state index in [1.807, 2.05) is 0 Å². The van der Waals surface area contributed by atoms with Crippen molar-refractivity contribution in [2.24, 2.45) is 7.05 Å². The number of alkyl halides is 3. The van der Waals surface area contributed by atoms with Crippen molar-refractivity contribution in [3.63, 3.8) is 0 Å². The predicted molar refractivity (Wildman–Crippen MR) is 158 cm³/mol. The minimum Gasteiger partial charge on any atom is -0.329 e.